The van der Waals surface area contributed by atoms with Gasteiger partial charge in [-0.3, -0.25) is 4.90 Å². The molecule has 1 saturated heterocycles. The molecule has 3 heteroatoms. The van der Waals surface area contributed by atoms with Crippen molar-refractivity contribution in [1.82, 2.24) is 10.2 Å². The van der Waals surface area contributed by atoms with Gasteiger partial charge in [-0.2, -0.15) is 11.8 Å². The van der Waals surface area contributed by atoms with Gasteiger partial charge in [0.25, 0.3) is 0 Å². The second-order valence-electron chi connectivity index (χ2n) is 3.20. The highest BCUT2D eigenvalue weighted by Crippen LogP contribution is 2.03. The molecule has 0 amide bonds. The van der Waals surface area contributed by atoms with Gasteiger partial charge in [-0.15, -0.1) is 0 Å². The summed E-state index contributed by atoms with van der Waals surface area (Å²) in [4.78, 5) is 2.55. The van der Waals surface area contributed by atoms with Crippen LogP contribution < -0.4 is 5.32 Å². The number of nitrogens with zero attached hydrogens (tertiary/aromatic N) is 1. The van der Waals surface area contributed by atoms with E-state index in [1.54, 1.807) is 0 Å². The van der Waals surface area contributed by atoms with Gasteiger partial charge < -0.3 is 5.32 Å². The van der Waals surface area contributed by atoms with E-state index >= 15 is 0 Å². The van der Waals surface area contributed by atoms with Crippen molar-refractivity contribution in [2.45, 2.75) is 13.3 Å². The number of thioether (sulfide) groups is 1. The van der Waals surface area contributed by atoms with E-state index in [0.717, 1.165) is 0 Å². The van der Waals surface area contributed by atoms with Crippen molar-refractivity contribution in [3.63, 3.8) is 0 Å². The third-order valence-electron chi connectivity index (χ3n) is 2.11. The Kier molecular flexibility index (Phi) is 5.82. The van der Waals surface area contributed by atoms with Gasteiger partial charge in [0.15, 0.2) is 0 Å². The van der Waals surface area contributed by atoms with Crippen LogP contribution >= 0.6 is 11.8 Å². The Balaban J connectivity index is 1.91. The van der Waals surface area contributed by atoms with Crippen molar-refractivity contribution < 1.29 is 0 Å². The van der Waals surface area contributed by atoms with Gasteiger partial charge in [0.2, 0.25) is 0 Å². The smallest absolute Gasteiger partial charge is 0.0108 e. The maximum Gasteiger partial charge on any atom is 0.0108 e. The minimum atomic E-state index is 1.18. The molecule has 0 aromatic rings. The second-order valence-corrected chi connectivity index (χ2v) is 4.43. The molecular formula is C9H20N2S. The van der Waals surface area contributed by atoms with Crippen LogP contribution in [0, 0.1) is 0 Å². The summed E-state index contributed by atoms with van der Waals surface area (Å²) in [6.45, 7) is 8.38. The highest BCUT2D eigenvalue weighted by Gasteiger charge is 2.07. The molecule has 1 fully saturated rings. The van der Waals surface area contributed by atoms with E-state index in [1.807, 2.05) is 0 Å². The molecule has 0 saturated carbocycles. The molecule has 0 radical (unpaired) electrons. The predicted octanol–water partition coefficient (Wildman–Crippen LogP) is 1.03. The Labute approximate surface area is 80.1 Å². The molecule has 1 heterocycles. The zero-order valence-electron chi connectivity index (χ0n) is 8.01. The average Bonchev–Trinajstić information content (AvgIpc) is 2.14. The summed E-state index contributed by atoms with van der Waals surface area (Å²) in [6.07, 6.45) is 1.31. The molecule has 0 spiro atoms. The highest BCUT2D eigenvalue weighted by molar-refractivity contribution is 7.99. The van der Waals surface area contributed by atoms with Crippen molar-refractivity contribution in [2.75, 3.05) is 44.2 Å². The van der Waals surface area contributed by atoms with Gasteiger partial charge in [0.1, 0.15) is 0 Å². The van der Waals surface area contributed by atoms with Gasteiger partial charge in [-0.1, -0.05) is 6.92 Å². The first kappa shape index (κ1) is 10.4. The van der Waals surface area contributed by atoms with Crippen LogP contribution in [-0.4, -0.2) is 49.1 Å². The Morgan fingerprint density at radius 3 is 2.67 bits per heavy atom. The van der Waals surface area contributed by atoms with Crippen LogP contribution in [0.15, 0.2) is 0 Å². The minimum absolute atomic E-state index is 1.18. The fourth-order valence-electron chi connectivity index (χ4n) is 1.37. The lowest BCUT2D eigenvalue weighted by molar-refractivity contribution is 0.255. The first-order valence-corrected chi connectivity index (χ1v) is 6.09. The minimum Gasteiger partial charge on any atom is -0.314 e. The lowest BCUT2D eigenvalue weighted by Crippen LogP contribution is -2.44. The fraction of sp³-hybridized carbons (Fsp3) is 1.00. The van der Waals surface area contributed by atoms with Crippen LogP contribution in [0.5, 0.6) is 0 Å². The normalized spacial score (nSPS) is 19.8. The molecule has 1 N–H and O–H groups in total. The van der Waals surface area contributed by atoms with Crippen molar-refractivity contribution >= 4 is 11.8 Å². The molecule has 1 aliphatic rings. The second kappa shape index (κ2) is 6.75. The van der Waals surface area contributed by atoms with Crippen LogP contribution in [0.3, 0.4) is 0 Å². The van der Waals surface area contributed by atoms with Crippen molar-refractivity contribution in [3.05, 3.63) is 0 Å². The molecule has 1 aliphatic heterocycles. The Morgan fingerprint density at radius 2 is 2.00 bits per heavy atom. The number of rotatable bonds is 5. The summed E-state index contributed by atoms with van der Waals surface area (Å²) >= 11 is 2.08. The monoisotopic (exact) mass is 188 g/mol. The largest absolute Gasteiger partial charge is 0.314 e. The van der Waals surface area contributed by atoms with Crippen LogP contribution in [0.25, 0.3) is 0 Å². The lowest BCUT2D eigenvalue weighted by Gasteiger charge is -2.26. The van der Waals surface area contributed by atoms with Crippen LogP contribution in [0.4, 0.5) is 0 Å². The van der Waals surface area contributed by atoms with Crippen LogP contribution in [0.2, 0.25) is 0 Å². The molecular weight excluding hydrogens is 168 g/mol. The number of hydrogen-bond donors (Lipinski definition) is 1. The maximum atomic E-state index is 3.37. The SMILES string of the molecule is CCCSCCN1CCNCC1. The van der Waals surface area contributed by atoms with Gasteiger partial charge in [0, 0.05) is 38.5 Å². The number of piperazine rings is 1. The molecule has 0 bridgehead atoms. The molecule has 2 nitrogen and oxygen atoms in total. The molecule has 0 aromatic carbocycles. The summed E-state index contributed by atoms with van der Waals surface area (Å²) < 4.78 is 0. The first-order valence-electron chi connectivity index (χ1n) is 4.94. The Morgan fingerprint density at radius 1 is 1.25 bits per heavy atom. The Bertz CT molecular complexity index is 103. The number of nitrogens with one attached hydrogen (secondary N) is 1. The van der Waals surface area contributed by atoms with Crippen molar-refractivity contribution in [3.8, 4) is 0 Å². The van der Waals surface area contributed by atoms with E-state index in [-0.39, 0.29) is 0 Å². The molecule has 0 atom stereocenters. The summed E-state index contributed by atoms with van der Waals surface area (Å²) in [6, 6.07) is 0. The van der Waals surface area contributed by atoms with E-state index in [9.17, 15) is 0 Å². The maximum absolute atomic E-state index is 3.37. The number of hydrogen-bond acceptors (Lipinski definition) is 3. The molecule has 0 aliphatic carbocycles. The summed E-state index contributed by atoms with van der Waals surface area (Å²) in [5.41, 5.74) is 0. The summed E-state index contributed by atoms with van der Waals surface area (Å²) in [5.74, 6) is 2.64. The van der Waals surface area contributed by atoms with Gasteiger partial charge in [0.05, 0.1) is 0 Å². The van der Waals surface area contributed by atoms with E-state index in [4.69, 9.17) is 0 Å². The first-order chi connectivity index (χ1) is 5.93. The quantitative estimate of drug-likeness (QED) is 0.649. The van der Waals surface area contributed by atoms with Gasteiger partial charge in [-0.25, -0.2) is 0 Å². The molecule has 12 heavy (non-hydrogen) atoms. The zero-order valence-corrected chi connectivity index (χ0v) is 8.83. The topological polar surface area (TPSA) is 15.3 Å². The predicted molar refractivity (Wildman–Crippen MR) is 56.9 cm³/mol. The molecule has 1 rings (SSSR count). The fourth-order valence-corrected chi connectivity index (χ4v) is 2.25. The van der Waals surface area contributed by atoms with Crippen LogP contribution in [0.1, 0.15) is 13.3 Å². The van der Waals surface area contributed by atoms with Gasteiger partial charge in [-0.05, 0) is 12.2 Å². The van der Waals surface area contributed by atoms with Crippen LogP contribution in [-0.2, 0) is 0 Å². The third-order valence-corrected chi connectivity index (χ3v) is 3.28. The van der Waals surface area contributed by atoms with Crippen molar-refractivity contribution in [2.24, 2.45) is 0 Å². The van der Waals surface area contributed by atoms with Crippen molar-refractivity contribution in [1.29, 1.82) is 0 Å². The van der Waals surface area contributed by atoms with Gasteiger partial charge >= 0.3 is 0 Å². The standard InChI is InChI=1S/C9H20N2S/c1-2-8-12-9-7-11-5-3-10-4-6-11/h10H,2-9H2,1H3. The highest BCUT2D eigenvalue weighted by atomic mass is 32.2. The average molecular weight is 188 g/mol. The summed E-state index contributed by atoms with van der Waals surface area (Å²) in [5, 5.41) is 3.37. The zero-order chi connectivity index (χ0) is 8.65. The molecule has 72 valence electrons. The third kappa shape index (κ3) is 4.33. The lowest BCUT2D eigenvalue weighted by atomic mass is 10.4. The van der Waals surface area contributed by atoms with E-state index in [1.165, 1.54) is 50.7 Å². The van der Waals surface area contributed by atoms with E-state index in [2.05, 4.69) is 28.9 Å². The van der Waals surface area contributed by atoms with E-state index in [0.29, 0.717) is 0 Å². The Hall–Kier alpha value is 0.270. The molecule has 0 aromatic heterocycles. The molecule has 0 unspecified atom stereocenters. The summed E-state index contributed by atoms with van der Waals surface area (Å²) in [7, 11) is 0. The van der Waals surface area contributed by atoms with E-state index < -0.39 is 0 Å².